The van der Waals surface area contributed by atoms with Crippen LogP contribution in [-0.2, 0) is 23.9 Å². The summed E-state index contributed by atoms with van der Waals surface area (Å²) in [5.41, 5.74) is 1.76. The molecule has 1 aromatic carbocycles. The Hall–Kier alpha value is -2.96. The molecule has 0 fully saturated rings. The molecule has 1 amide bonds. The lowest BCUT2D eigenvalue weighted by atomic mass is 9.99. The number of ketones is 1. The summed E-state index contributed by atoms with van der Waals surface area (Å²) < 4.78 is 9.40. The van der Waals surface area contributed by atoms with Gasteiger partial charge >= 0.3 is 11.9 Å². The first-order valence-electron chi connectivity index (χ1n) is 7.42. The first-order valence-corrected chi connectivity index (χ1v) is 7.42. The minimum absolute atomic E-state index is 0.120. The number of carbonyl (C=O) groups excluding carboxylic acids is 4. The van der Waals surface area contributed by atoms with Crippen molar-refractivity contribution >= 4 is 29.3 Å². The van der Waals surface area contributed by atoms with Crippen LogP contribution in [0.25, 0.3) is 0 Å². The van der Waals surface area contributed by atoms with Crippen molar-refractivity contribution in [3.63, 3.8) is 0 Å². The van der Waals surface area contributed by atoms with E-state index in [2.05, 4.69) is 10.1 Å². The van der Waals surface area contributed by atoms with E-state index in [1.54, 1.807) is 32.0 Å². The lowest BCUT2D eigenvalue weighted by Gasteiger charge is -2.05. The van der Waals surface area contributed by atoms with E-state index in [1.165, 1.54) is 0 Å². The minimum atomic E-state index is -0.817. The monoisotopic (exact) mass is 331 g/mol. The van der Waals surface area contributed by atoms with Gasteiger partial charge in [0.2, 0.25) is 5.91 Å². The molecule has 1 aliphatic rings. The number of anilines is 1. The van der Waals surface area contributed by atoms with Crippen molar-refractivity contribution in [2.75, 3.05) is 18.5 Å². The molecule has 1 N–H and O–H groups in total. The fourth-order valence-electron chi connectivity index (χ4n) is 2.19. The molecule has 7 heteroatoms. The van der Waals surface area contributed by atoms with E-state index in [0.29, 0.717) is 11.3 Å². The van der Waals surface area contributed by atoms with Crippen LogP contribution in [0.2, 0.25) is 0 Å². The molecule has 7 nitrogen and oxygen atoms in total. The third kappa shape index (κ3) is 4.07. The SMILES string of the molecule is CCOC(=O)/C=C/C(=O)OCC(=O)c1ccc2c(c1)[C@H](C)C(=O)N2. The number of carbonyl (C=O) groups is 4. The summed E-state index contributed by atoms with van der Waals surface area (Å²) in [6, 6.07) is 4.82. The fraction of sp³-hybridized carbons (Fsp3) is 0.294. The fourth-order valence-corrected chi connectivity index (χ4v) is 2.19. The highest BCUT2D eigenvalue weighted by molar-refractivity contribution is 6.05. The van der Waals surface area contributed by atoms with Gasteiger partial charge in [0.15, 0.2) is 12.4 Å². The first-order chi connectivity index (χ1) is 11.4. The van der Waals surface area contributed by atoms with Crippen LogP contribution < -0.4 is 5.32 Å². The molecule has 0 saturated heterocycles. The Bertz CT molecular complexity index is 722. The van der Waals surface area contributed by atoms with Gasteiger partial charge in [0.05, 0.1) is 12.5 Å². The zero-order valence-electron chi connectivity index (χ0n) is 13.3. The Morgan fingerprint density at radius 2 is 1.83 bits per heavy atom. The first kappa shape index (κ1) is 17.4. The maximum Gasteiger partial charge on any atom is 0.331 e. The molecule has 1 heterocycles. The second-order valence-corrected chi connectivity index (χ2v) is 5.13. The zero-order chi connectivity index (χ0) is 17.7. The summed E-state index contributed by atoms with van der Waals surface area (Å²) >= 11 is 0. The second kappa shape index (κ2) is 7.54. The summed E-state index contributed by atoms with van der Waals surface area (Å²) in [5.74, 6) is -2.33. The van der Waals surface area contributed by atoms with Crippen LogP contribution >= 0.6 is 0 Å². The number of benzene rings is 1. The van der Waals surface area contributed by atoms with Crippen molar-refractivity contribution in [1.82, 2.24) is 0 Å². The van der Waals surface area contributed by atoms with Crippen molar-refractivity contribution < 1.29 is 28.7 Å². The van der Waals surface area contributed by atoms with E-state index in [1.807, 2.05) is 0 Å². The number of Topliss-reactive ketones (excluding diaryl/α,β-unsaturated/α-hetero) is 1. The maximum absolute atomic E-state index is 12.1. The molecule has 1 aliphatic heterocycles. The number of hydrogen-bond donors (Lipinski definition) is 1. The van der Waals surface area contributed by atoms with Crippen LogP contribution in [0.15, 0.2) is 30.4 Å². The summed E-state index contributed by atoms with van der Waals surface area (Å²) in [4.78, 5) is 46.2. The van der Waals surface area contributed by atoms with E-state index in [4.69, 9.17) is 4.74 Å². The van der Waals surface area contributed by atoms with Gasteiger partial charge in [-0.25, -0.2) is 9.59 Å². The lowest BCUT2D eigenvalue weighted by molar-refractivity contribution is -0.139. The van der Waals surface area contributed by atoms with Gasteiger partial charge < -0.3 is 14.8 Å². The highest BCUT2D eigenvalue weighted by atomic mass is 16.5. The van der Waals surface area contributed by atoms with Crippen LogP contribution in [0.3, 0.4) is 0 Å². The maximum atomic E-state index is 12.1. The van der Waals surface area contributed by atoms with Crippen LogP contribution in [-0.4, -0.2) is 36.8 Å². The molecule has 0 radical (unpaired) electrons. The van der Waals surface area contributed by atoms with Crippen LogP contribution in [0.5, 0.6) is 0 Å². The lowest BCUT2D eigenvalue weighted by Crippen LogP contribution is -2.13. The van der Waals surface area contributed by atoms with Gasteiger partial charge in [0.1, 0.15) is 0 Å². The van der Waals surface area contributed by atoms with Gasteiger partial charge in [-0.2, -0.15) is 0 Å². The van der Waals surface area contributed by atoms with Gasteiger partial charge in [-0.15, -0.1) is 0 Å². The second-order valence-electron chi connectivity index (χ2n) is 5.13. The van der Waals surface area contributed by atoms with Crippen LogP contribution in [0, 0.1) is 0 Å². The van der Waals surface area contributed by atoms with Gasteiger partial charge in [0, 0.05) is 23.4 Å². The molecule has 2 rings (SSSR count). The molecule has 0 aliphatic carbocycles. The molecule has 126 valence electrons. The Morgan fingerprint density at radius 3 is 2.50 bits per heavy atom. The normalized spacial score (nSPS) is 15.8. The Kier molecular flexibility index (Phi) is 5.47. The predicted octanol–water partition coefficient (Wildman–Crippen LogP) is 1.59. The highest BCUT2D eigenvalue weighted by Crippen LogP contribution is 2.32. The number of rotatable bonds is 6. The number of fused-ring (bicyclic) bond motifs is 1. The minimum Gasteiger partial charge on any atom is -0.463 e. The van der Waals surface area contributed by atoms with Gasteiger partial charge in [-0.3, -0.25) is 9.59 Å². The molecule has 0 unspecified atom stereocenters. The smallest absolute Gasteiger partial charge is 0.331 e. The van der Waals surface area contributed by atoms with Crippen molar-refractivity contribution in [2.45, 2.75) is 19.8 Å². The Labute approximate surface area is 138 Å². The summed E-state index contributed by atoms with van der Waals surface area (Å²) in [6.45, 7) is 3.13. The zero-order valence-corrected chi connectivity index (χ0v) is 13.3. The molecular formula is C17H17NO6. The molecule has 0 saturated carbocycles. The largest absolute Gasteiger partial charge is 0.463 e. The van der Waals surface area contributed by atoms with Crippen LogP contribution in [0.4, 0.5) is 5.69 Å². The topological polar surface area (TPSA) is 98.8 Å². The number of nitrogens with one attached hydrogen (secondary N) is 1. The Balaban J connectivity index is 1.93. The van der Waals surface area contributed by atoms with E-state index >= 15 is 0 Å². The van der Waals surface area contributed by atoms with Crippen molar-refractivity contribution in [1.29, 1.82) is 0 Å². The number of hydrogen-bond acceptors (Lipinski definition) is 6. The molecule has 24 heavy (non-hydrogen) atoms. The van der Waals surface area contributed by atoms with Gasteiger partial charge in [-0.1, -0.05) is 0 Å². The molecular weight excluding hydrogens is 314 g/mol. The molecule has 0 spiro atoms. The number of ether oxygens (including phenoxy) is 2. The summed E-state index contributed by atoms with van der Waals surface area (Å²) in [6.07, 6.45) is 1.84. The van der Waals surface area contributed by atoms with Crippen molar-refractivity contribution in [2.24, 2.45) is 0 Å². The molecule has 1 atom stereocenters. The summed E-state index contributed by atoms with van der Waals surface area (Å²) in [7, 11) is 0. The third-order valence-electron chi connectivity index (χ3n) is 3.48. The molecule has 0 aromatic heterocycles. The van der Waals surface area contributed by atoms with Gasteiger partial charge in [0.25, 0.3) is 0 Å². The van der Waals surface area contributed by atoms with E-state index in [-0.39, 0.29) is 18.4 Å². The van der Waals surface area contributed by atoms with Gasteiger partial charge in [-0.05, 0) is 37.6 Å². The van der Waals surface area contributed by atoms with E-state index < -0.39 is 24.3 Å². The predicted molar refractivity (Wildman–Crippen MR) is 84.5 cm³/mol. The quantitative estimate of drug-likeness (QED) is 0.483. The van der Waals surface area contributed by atoms with Crippen molar-refractivity contribution in [3.05, 3.63) is 41.5 Å². The summed E-state index contributed by atoms with van der Waals surface area (Å²) in [5, 5.41) is 2.71. The Morgan fingerprint density at radius 1 is 1.17 bits per heavy atom. The molecule has 0 bridgehead atoms. The standard InChI is InChI=1S/C17H17NO6/c1-3-23-15(20)6-7-16(21)24-9-14(19)11-4-5-13-12(8-11)10(2)17(22)18-13/h4-8,10H,3,9H2,1-2H3,(H,18,22)/b7-6+/t10-/m0/s1. The van der Waals surface area contributed by atoms with E-state index in [9.17, 15) is 19.2 Å². The number of amides is 1. The van der Waals surface area contributed by atoms with E-state index in [0.717, 1.165) is 17.7 Å². The number of esters is 2. The van der Waals surface area contributed by atoms with Crippen LogP contribution in [0.1, 0.15) is 35.7 Å². The third-order valence-corrected chi connectivity index (χ3v) is 3.48. The average Bonchev–Trinajstić information content (AvgIpc) is 2.85. The highest BCUT2D eigenvalue weighted by Gasteiger charge is 2.27. The van der Waals surface area contributed by atoms with Crippen molar-refractivity contribution in [3.8, 4) is 0 Å². The average molecular weight is 331 g/mol. The molecule has 1 aromatic rings.